The molecular formula is C23H36Cl2N5O5+. The number of likely N-dealkylation sites (tertiary alicyclic amines) is 1. The van der Waals surface area contributed by atoms with Crippen LogP contribution in [0.4, 0.5) is 0 Å². The molecule has 0 radical (unpaired) electrons. The molecule has 1 fully saturated rings. The number of hydrogen-bond donors (Lipinski definition) is 5. The average Bonchev–Trinajstić information content (AvgIpc) is 3.11. The summed E-state index contributed by atoms with van der Waals surface area (Å²) in [6.07, 6.45) is -1.83. The quantitative estimate of drug-likeness (QED) is 0.215. The van der Waals surface area contributed by atoms with E-state index in [1.807, 2.05) is 6.07 Å². The topological polar surface area (TPSA) is 179 Å². The molecule has 35 heavy (non-hydrogen) atoms. The summed E-state index contributed by atoms with van der Waals surface area (Å²) < 4.78 is -0.452. The van der Waals surface area contributed by atoms with Crippen LogP contribution >= 0.6 is 24.0 Å². The molecule has 1 aromatic carbocycles. The number of nitrogens with one attached hydrogen (secondary N) is 1. The second-order valence-corrected chi connectivity index (χ2v) is 10.5. The van der Waals surface area contributed by atoms with Gasteiger partial charge >= 0.3 is 5.91 Å². The van der Waals surface area contributed by atoms with Crippen LogP contribution in [0.25, 0.3) is 0 Å². The Hall–Kier alpha value is -2.24. The van der Waals surface area contributed by atoms with Crippen LogP contribution in [0.15, 0.2) is 30.3 Å². The lowest BCUT2D eigenvalue weighted by atomic mass is 9.93. The van der Waals surface area contributed by atoms with Gasteiger partial charge in [-0.2, -0.15) is 0 Å². The van der Waals surface area contributed by atoms with E-state index < -0.39 is 69.7 Å². The van der Waals surface area contributed by atoms with Crippen molar-refractivity contribution in [3.8, 4) is 0 Å². The van der Waals surface area contributed by atoms with E-state index >= 15 is 0 Å². The van der Waals surface area contributed by atoms with Gasteiger partial charge in [0.05, 0.1) is 29.4 Å². The number of alkyl halides is 1. The van der Waals surface area contributed by atoms with Crippen molar-refractivity contribution >= 4 is 47.6 Å². The average molecular weight is 533 g/mol. The lowest BCUT2D eigenvalue weighted by Crippen LogP contribution is -2.72. The van der Waals surface area contributed by atoms with Crippen molar-refractivity contribution in [2.45, 2.75) is 75.2 Å². The van der Waals surface area contributed by atoms with Crippen LogP contribution in [-0.4, -0.2) is 74.9 Å². The number of amides is 4. The van der Waals surface area contributed by atoms with Gasteiger partial charge in [-0.1, -0.05) is 30.3 Å². The van der Waals surface area contributed by atoms with Crippen molar-refractivity contribution in [2.24, 2.45) is 17.2 Å². The normalized spacial score (nSPS) is 24.5. The number of primary amides is 2. The van der Waals surface area contributed by atoms with Crippen molar-refractivity contribution in [1.29, 1.82) is 0 Å². The van der Waals surface area contributed by atoms with Crippen LogP contribution in [-0.2, 0) is 25.6 Å². The summed E-state index contributed by atoms with van der Waals surface area (Å²) in [4.78, 5) is 50.1. The molecule has 1 aliphatic rings. The van der Waals surface area contributed by atoms with Crippen molar-refractivity contribution in [2.75, 3.05) is 6.54 Å². The van der Waals surface area contributed by atoms with Gasteiger partial charge in [-0.15, -0.1) is 24.0 Å². The third kappa shape index (κ3) is 6.92. The van der Waals surface area contributed by atoms with Gasteiger partial charge < -0.3 is 27.6 Å². The maximum Gasteiger partial charge on any atom is 0.345 e. The van der Waals surface area contributed by atoms with Crippen molar-refractivity contribution in [3.05, 3.63) is 35.9 Å². The molecule has 12 heteroatoms. The van der Waals surface area contributed by atoms with E-state index in [-0.39, 0.29) is 31.8 Å². The number of carbonyl (C=O) groups is 4. The highest BCUT2D eigenvalue weighted by Gasteiger charge is 2.62. The fourth-order valence-electron chi connectivity index (χ4n) is 4.70. The van der Waals surface area contributed by atoms with E-state index in [4.69, 9.17) is 28.8 Å². The molecule has 2 rings (SSSR count). The summed E-state index contributed by atoms with van der Waals surface area (Å²) in [6, 6.07) is 5.66. The molecular weight excluding hydrogens is 497 g/mol. The van der Waals surface area contributed by atoms with Crippen LogP contribution in [0, 0.1) is 0 Å². The number of hydrogen-bond acceptors (Lipinski definition) is 6. The second-order valence-electron chi connectivity index (χ2n) is 9.84. The van der Waals surface area contributed by atoms with Gasteiger partial charge in [-0.25, -0.2) is 9.28 Å². The first-order valence-electron chi connectivity index (χ1n) is 11.1. The lowest BCUT2D eigenvalue weighted by molar-refractivity contribution is -0.904. The molecule has 0 aliphatic carbocycles. The molecule has 4 amide bonds. The molecule has 0 bridgehead atoms. The molecule has 10 nitrogen and oxygen atoms in total. The zero-order valence-corrected chi connectivity index (χ0v) is 21.7. The van der Waals surface area contributed by atoms with E-state index in [0.717, 1.165) is 5.56 Å². The number of rotatable bonds is 9. The van der Waals surface area contributed by atoms with E-state index in [1.165, 1.54) is 0 Å². The predicted molar refractivity (Wildman–Crippen MR) is 134 cm³/mol. The molecule has 1 aromatic rings. The number of halogens is 2. The van der Waals surface area contributed by atoms with Crippen LogP contribution in [0.1, 0.15) is 39.2 Å². The number of carbonyl (C=O) groups excluding carboxylic acids is 4. The SMILES string of the molecule is CC(C)(C)[N+]1(C(=O)[C@@H](O)[C@H](Cc2ccccc2)NC(=O)C(N)CC(N)=O)C[C@@H](Cl)CC1C(N)=O.Cl. The van der Waals surface area contributed by atoms with Crippen LogP contribution in [0.2, 0.25) is 0 Å². The Kier molecular flexibility index (Phi) is 10.7. The lowest BCUT2D eigenvalue weighted by Gasteiger charge is -2.47. The van der Waals surface area contributed by atoms with Gasteiger partial charge in [0.25, 0.3) is 5.91 Å². The first-order valence-corrected chi connectivity index (χ1v) is 11.6. The van der Waals surface area contributed by atoms with Gasteiger partial charge in [0.15, 0.2) is 12.1 Å². The van der Waals surface area contributed by atoms with Crippen molar-refractivity contribution < 1.29 is 28.8 Å². The Morgan fingerprint density at radius 1 is 1.17 bits per heavy atom. The van der Waals surface area contributed by atoms with E-state index in [2.05, 4.69) is 5.32 Å². The highest BCUT2D eigenvalue weighted by atomic mass is 35.5. The number of nitrogens with zero attached hydrogens (tertiary/aromatic N) is 1. The molecule has 6 atom stereocenters. The fraction of sp³-hybridized carbons (Fsp3) is 0.565. The smallest absolute Gasteiger partial charge is 0.345 e. The third-order valence-corrected chi connectivity index (χ3v) is 6.75. The van der Waals surface area contributed by atoms with Crippen LogP contribution in [0.3, 0.4) is 0 Å². The van der Waals surface area contributed by atoms with E-state index in [1.54, 1.807) is 45.0 Å². The second kappa shape index (κ2) is 12.1. The molecule has 0 spiro atoms. The zero-order valence-electron chi connectivity index (χ0n) is 20.1. The molecule has 0 saturated carbocycles. The first kappa shape index (κ1) is 30.8. The van der Waals surface area contributed by atoms with Gasteiger partial charge in [0.2, 0.25) is 11.8 Å². The summed E-state index contributed by atoms with van der Waals surface area (Å²) in [5.74, 6) is -2.86. The van der Waals surface area contributed by atoms with Crippen molar-refractivity contribution in [1.82, 2.24) is 5.32 Å². The van der Waals surface area contributed by atoms with Gasteiger partial charge in [-0.05, 0) is 32.8 Å². The Morgan fingerprint density at radius 3 is 2.23 bits per heavy atom. The minimum absolute atomic E-state index is 0. The largest absolute Gasteiger partial charge is 0.378 e. The maximum absolute atomic E-state index is 13.9. The summed E-state index contributed by atoms with van der Waals surface area (Å²) in [7, 11) is 0. The standard InChI is InChI=1S/C23H34ClN5O5.ClH/c1-23(2,3)29(12-14(24)10-17(29)20(27)32)22(34)19(31)16(9-13-7-5-4-6-8-13)28-21(33)15(25)11-18(26)30;/h4-8,14-17,19,31H,9-12,25H2,1-3H3,(H4-,26,27,28,30,32,33);1H/p+1/t14-,15?,16-,17?,19-,29?;/m0./s1. The molecule has 3 unspecified atom stereocenters. The predicted octanol–water partition coefficient (Wildman–Crippen LogP) is -0.294. The molecule has 0 aromatic heterocycles. The molecule has 1 saturated heterocycles. The number of benzene rings is 1. The Bertz CT molecular complexity index is 927. The van der Waals surface area contributed by atoms with Crippen LogP contribution in [0.5, 0.6) is 0 Å². The number of nitrogens with two attached hydrogens (primary N) is 3. The Labute approximate surface area is 216 Å². The monoisotopic (exact) mass is 532 g/mol. The minimum atomic E-state index is -1.71. The summed E-state index contributed by atoms with van der Waals surface area (Å²) in [6.45, 7) is 5.42. The number of quaternary nitrogens is 1. The number of aliphatic hydroxyl groups excluding tert-OH is 1. The van der Waals surface area contributed by atoms with E-state index in [0.29, 0.717) is 0 Å². The summed E-state index contributed by atoms with van der Waals surface area (Å²) in [5, 5.41) is 13.4. The Balaban J connectivity index is 0.00000612. The molecule has 1 heterocycles. The fourth-order valence-corrected chi connectivity index (χ4v) is 5.09. The molecule has 196 valence electrons. The maximum atomic E-state index is 13.9. The third-order valence-electron chi connectivity index (χ3n) is 6.43. The molecule has 8 N–H and O–H groups in total. The van der Waals surface area contributed by atoms with Crippen LogP contribution < -0.4 is 22.5 Å². The highest BCUT2D eigenvalue weighted by molar-refractivity contribution is 6.21. The summed E-state index contributed by atoms with van der Waals surface area (Å²) >= 11 is 6.39. The highest BCUT2D eigenvalue weighted by Crippen LogP contribution is 2.40. The minimum Gasteiger partial charge on any atom is -0.378 e. The Morgan fingerprint density at radius 2 is 1.74 bits per heavy atom. The van der Waals surface area contributed by atoms with Gasteiger partial charge in [0.1, 0.15) is 6.54 Å². The van der Waals surface area contributed by atoms with Gasteiger partial charge in [-0.3, -0.25) is 14.4 Å². The van der Waals surface area contributed by atoms with Gasteiger partial charge in [0, 0.05) is 6.42 Å². The summed E-state index contributed by atoms with van der Waals surface area (Å²) in [5.41, 5.74) is 16.5. The molecule has 1 aliphatic heterocycles. The van der Waals surface area contributed by atoms with Crippen molar-refractivity contribution in [3.63, 3.8) is 0 Å². The zero-order chi connectivity index (χ0) is 25.8. The number of aliphatic hydroxyl groups is 1. The van der Waals surface area contributed by atoms with E-state index in [9.17, 15) is 24.3 Å². The first-order chi connectivity index (χ1) is 15.7.